The summed E-state index contributed by atoms with van der Waals surface area (Å²) in [5.41, 5.74) is 20.8. The Kier molecular flexibility index (Phi) is 5.62. The first-order valence-electron chi connectivity index (χ1n) is 18.3. The molecule has 6 aromatic rings. The predicted octanol–water partition coefficient (Wildman–Crippen LogP) is 8.11. The number of allylic oxidation sites excluding steroid dienone is 4. The number of halogens is 1. The Morgan fingerprint density at radius 3 is 1.21 bits per heavy atom. The van der Waals surface area contributed by atoms with Crippen LogP contribution in [0.2, 0.25) is 0 Å². The smallest absolute Gasteiger partial charge is 0.198 e. The van der Waals surface area contributed by atoms with E-state index in [9.17, 15) is 0 Å². The van der Waals surface area contributed by atoms with Gasteiger partial charge in [-0.25, -0.2) is 0 Å². The first-order valence-corrected chi connectivity index (χ1v) is 19.1. The van der Waals surface area contributed by atoms with Gasteiger partial charge in [-0.15, -0.1) is 0 Å². The van der Waals surface area contributed by atoms with Gasteiger partial charge in [-0.05, 0) is 79.4 Å². The summed E-state index contributed by atoms with van der Waals surface area (Å²) in [5.74, 6) is -0.778. The Hall–Kier alpha value is -6.04. The van der Waals surface area contributed by atoms with E-state index in [1.807, 2.05) is 0 Å². The van der Waals surface area contributed by atoms with Gasteiger partial charge in [0, 0.05) is 28.8 Å². The zero-order valence-electron chi connectivity index (χ0n) is 29.5. The van der Waals surface area contributed by atoms with E-state index in [4.69, 9.17) is 0 Å². The Bertz CT molecular complexity index is 2820. The van der Waals surface area contributed by atoms with E-state index in [-0.39, 0.29) is 0 Å². The monoisotopic (exact) mass is 744 g/mol. The van der Waals surface area contributed by atoms with Gasteiger partial charge >= 0.3 is 5.91 Å². The third-order valence-corrected chi connectivity index (χ3v) is 12.5. The van der Waals surface area contributed by atoms with Crippen molar-refractivity contribution in [3.63, 3.8) is 0 Å². The number of rotatable bonds is 4. The molecule has 8 heterocycles. The van der Waals surface area contributed by atoms with Crippen molar-refractivity contribution in [2.75, 3.05) is 0 Å². The first-order chi connectivity index (χ1) is 25.9. The predicted molar refractivity (Wildman–Crippen MR) is 215 cm³/mol. The lowest BCUT2D eigenvalue weighted by Crippen LogP contribution is -2.71. The lowest BCUT2D eigenvalue weighted by Gasteiger charge is -2.41. The van der Waals surface area contributed by atoms with E-state index >= 15 is 0 Å². The molecule has 6 aliphatic heterocycles. The minimum Gasteiger partial charge on any atom is -0.198 e. The SMILES string of the molecule is Cc1ccc(C2=C3C=CC4=[N+]3C35n6c2ccc6C(c2ccc(Br)cc2)=C2C=CC(=[N+]23)C(c2ccc(C)cc2)=c2ccc(n25)=C4c2ccc(C)cc2)cc1. The van der Waals surface area contributed by atoms with Crippen LogP contribution < -0.4 is 10.7 Å². The standard InChI is InChI=1S/C48H33BrN4/c1-28-4-10-31(11-5-28)44-36-20-22-38-45(32-12-6-29(2)7-13-32)40-24-26-42-47(34-16-18-35(49)19-17-34)43-27-25-41-46(33-14-8-30(3)9-15-33)39-23-21-37(44)51(39)48(50(36)38,52(40)42)53(41)43/h4-27H,1-3H3/q+2. The van der Waals surface area contributed by atoms with Crippen LogP contribution in [-0.2, 0) is 5.91 Å². The second-order valence-corrected chi connectivity index (χ2v) is 15.9. The molecule has 0 aliphatic carbocycles. The van der Waals surface area contributed by atoms with Crippen molar-refractivity contribution in [3.05, 3.63) is 223 Å². The number of aryl methyl sites for hydroxylation is 3. The Balaban J connectivity index is 1.32. The summed E-state index contributed by atoms with van der Waals surface area (Å²) in [5, 5.41) is 2.43. The van der Waals surface area contributed by atoms with Crippen LogP contribution in [0.5, 0.6) is 0 Å². The number of nitrogens with zero attached hydrogens (tertiary/aromatic N) is 4. The molecule has 1 spiro atoms. The van der Waals surface area contributed by atoms with Crippen LogP contribution in [0.25, 0.3) is 22.3 Å². The molecular formula is C48H33BrN4+2. The summed E-state index contributed by atoms with van der Waals surface area (Å²) in [4.78, 5) is 0. The molecule has 2 aromatic heterocycles. The first kappa shape index (κ1) is 29.5. The molecule has 6 aliphatic rings. The largest absolute Gasteiger partial charge is 0.553 e. The van der Waals surface area contributed by atoms with E-state index in [0.29, 0.717) is 0 Å². The molecule has 0 saturated carbocycles. The van der Waals surface area contributed by atoms with Crippen molar-refractivity contribution in [1.82, 2.24) is 9.13 Å². The van der Waals surface area contributed by atoms with Gasteiger partial charge in [0.25, 0.3) is 0 Å². The molecule has 12 rings (SSSR count). The quantitative estimate of drug-likeness (QED) is 0.162. The second-order valence-electron chi connectivity index (χ2n) is 15.0. The number of hydrogen-bond donors (Lipinski definition) is 0. The van der Waals surface area contributed by atoms with Crippen molar-refractivity contribution < 1.29 is 9.15 Å². The van der Waals surface area contributed by atoms with Gasteiger partial charge < -0.3 is 0 Å². The molecule has 0 fully saturated rings. The molecular weight excluding hydrogens is 712 g/mol. The summed E-state index contributed by atoms with van der Waals surface area (Å²) in [6.07, 6.45) is 9.46. The fourth-order valence-electron chi connectivity index (χ4n) is 9.69. The molecule has 4 aromatic carbocycles. The van der Waals surface area contributed by atoms with Crippen LogP contribution in [0.3, 0.4) is 0 Å². The highest BCUT2D eigenvalue weighted by molar-refractivity contribution is 9.10. The maximum absolute atomic E-state index is 3.71. The Morgan fingerprint density at radius 1 is 0.415 bits per heavy atom. The lowest BCUT2D eigenvalue weighted by atomic mass is 9.92. The van der Waals surface area contributed by atoms with Crippen LogP contribution in [0.15, 0.2) is 161 Å². The third kappa shape index (κ3) is 3.56. The molecule has 0 N–H and O–H groups in total. The summed E-state index contributed by atoms with van der Waals surface area (Å²) in [6, 6.07) is 45.5. The maximum Gasteiger partial charge on any atom is 0.553 e. The molecule has 0 amide bonds. The van der Waals surface area contributed by atoms with Gasteiger partial charge in [0.1, 0.15) is 0 Å². The van der Waals surface area contributed by atoms with Crippen molar-refractivity contribution in [2.45, 2.75) is 26.7 Å². The zero-order valence-corrected chi connectivity index (χ0v) is 31.1. The number of benzene rings is 4. The average Bonchev–Trinajstić information content (AvgIpc) is 3.99. The fourth-order valence-corrected chi connectivity index (χ4v) is 9.95. The minimum absolute atomic E-state index is 0.778. The van der Waals surface area contributed by atoms with Crippen LogP contribution in [-0.4, -0.2) is 29.7 Å². The van der Waals surface area contributed by atoms with Crippen LogP contribution in [0.4, 0.5) is 0 Å². The van der Waals surface area contributed by atoms with Crippen molar-refractivity contribution in [3.8, 4) is 0 Å². The lowest BCUT2D eigenvalue weighted by molar-refractivity contribution is -0.834. The summed E-state index contributed by atoms with van der Waals surface area (Å²) >= 11 is 3.71. The van der Waals surface area contributed by atoms with Crippen molar-refractivity contribution in [2.24, 2.45) is 0 Å². The minimum atomic E-state index is -0.778. The highest BCUT2D eigenvalue weighted by Crippen LogP contribution is 2.53. The van der Waals surface area contributed by atoms with E-state index in [1.54, 1.807) is 0 Å². The van der Waals surface area contributed by atoms with E-state index < -0.39 is 5.91 Å². The second kappa shape index (κ2) is 10.1. The molecule has 1 unspecified atom stereocenters. The molecule has 0 radical (unpaired) electrons. The molecule has 0 bridgehead atoms. The summed E-state index contributed by atoms with van der Waals surface area (Å²) < 4.78 is 11.7. The van der Waals surface area contributed by atoms with Crippen LogP contribution in [0, 0.1) is 20.8 Å². The van der Waals surface area contributed by atoms with Crippen LogP contribution in [0.1, 0.15) is 50.3 Å². The van der Waals surface area contributed by atoms with Gasteiger partial charge in [-0.1, -0.05) is 127 Å². The average molecular weight is 746 g/mol. The van der Waals surface area contributed by atoms with E-state index in [0.717, 1.165) is 4.47 Å². The highest BCUT2D eigenvalue weighted by Gasteiger charge is 2.72. The number of hydrogen-bond acceptors (Lipinski definition) is 0. The topological polar surface area (TPSA) is 15.9 Å². The highest BCUT2D eigenvalue weighted by atomic mass is 79.9. The molecule has 0 saturated heterocycles. The van der Waals surface area contributed by atoms with E-state index in [2.05, 4.69) is 201 Å². The third-order valence-electron chi connectivity index (χ3n) is 11.9. The normalized spacial score (nSPS) is 19.6. The van der Waals surface area contributed by atoms with Gasteiger partial charge in [0.05, 0.1) is 44.4 Å². The molecule has 5 heteroatoms. The Morgan fingerprint density at radius 2 is 0.792 bits per heavy atom. The van der Waals surface area contributed by atoms with Crippen molar-refractivity contribution >= 4 is 49.6 Å². The molecule has 4 nitrogen and oxygen atoms in total. The van der Waals surface area contributed by atoms with Crippen LogP contribution >= 0.6 is 15.9 Å². The van der Waals surface area contributed by atoms with Crippen molar-refractivity contribution in [1.29, 1.82) is 0 Å². The number of aromatic nitrogens is 2. The zero-order chi connectivity index (χ0) is 35.3. The van der Waals surface area contributed by atoms with E-state index in [1.165, 1.54) is 106 Å². The summed E-state index contributed by atoms with van der Waals surface area (Å²) in [7, 11) is 0. The molecule has 53 heavy (non-hydrogen) atoms. The van der Waals surface area contributed by atoms with Gasteiger partial charge in [-0.2, -0.15) is 9.13 Å². The van der Waals surface area contributed by atoms with Gasteiger partial charge in [0.15, 0.2) is 0 Å². The fraction of sp³-hybridized carbons (Fsp3) is 0.0833. The molecule has 1 atom stereocenters. The van der Waals surface area contributed by atoms with Gasteiger partial charge in [-0.3, -0.25) is 0 Å². The maximum atomic E-state index is 3.71. The summed E-state index contributed by atoms with van der Waals surface area (Å²) in [6.45, 7) is 6.50. The van der Waals surface area contributed by atoms with Gasteiger partial charge in [0.2, 0.25) is 22.8 Å². The Labute approximate surface area is 315 Å². The molecule has 250 valence electrons.